The van der Waals surface area contributed by atoms with E-state index in [9.17, 15) is 9.50 Å². The number of aliphatic hydroxyl groups is 1. The van der Waals surface area contributed by atoms with E-state index in [1.807, 2.05) is 6.07 Å². The maximum atomic E-state index is 13.1. The van der Waals surface area contributed by atoms with Gasteiger partial charge in [0.2, 0.25) is 0 Å². The summed E-state index contributed by atoms with van der Waals surface area (Å²) in [6.45, 7) is 2.06. The number of hydrogen-bond donors (Lipinski definition) is 2. The third kappa shape index (κ3) is 3.51. The lowest BCUT2D eigenvalue weighted by molar-refractivity contribution is 0.114. The van der Waals surface area contributed by atoms with E-state index in [2.05, 4.69) is 12.2 Å². The number of benzene rings is 1. The highest BCUT2D eigenvalue weighted by Crippen LogP contribution is 2.22. The van der Waals surface area contributed by atoms with Gasteiger partial charge in [0.05, 0.1) is 6.10 Å². The number of halogens is 1. The van der Waals surface area contributed by atoms with Crippen molar-refractivity contribution in [2.24, 2.45) is 0 Å². The van der Waals surface area contributed by atoms with Crippen molar-refractivity contribution in [1.82, 2.24) is 5.32 Å². The average Bonchev–Trinajstić information content (AvgIpc) is 2.32. The molecule has 1 aliphatic carbocycles. The zero-order chi connectivity index (χ0) is 12.3. The van der Waals surface area contributed by atoms with Crippen molar-refractivity contribution in [3.05, 3.63) is 35.6 Å². The molecule has 0 amide bonds. The first kappa shape index (κ1) is 12.5. The largest absolute Gasteiger partial charge is 0.393 e. The van der Waals surface area contributed by atoms with Crippen molar-refractivity contribution in [3.63, 3.8) is 0 Å². The highest BCUT2D eigenvalue weighted by Gasteiger charge is 2.20. The van der Waals surface area contributed by atoms with Gasteiger partial charge in [0.25, 0.3) is 0 Å². The van der Waals surface area contributed by atoms with Crippen molar-refractivity contribution in [2.75, 3.05) is 0 Å². The van der Waals surface area contributed by atoms with Gasteiger partial charge in [-0.25, -0.2) is 4.39 Å². The molecule has 0 heterocycles. The molecule has 0 bridgehead atoms. The molecule has 1 aliphatic rings. The minimum Gasteiger partial charge on any atom is -0.393 e. The van der Waals surface area contributed by atoms with Crippen LogP contribution in [0.2, 0.25) is 0 Å². The standard InChI is InChI=1S/C14H20FNO/c1-10(11-3-2-4-12(15)9-11)16-13-5-7-14(17)8-6-13/h2-4,9-10,13-14,16-17H,5-8H2,1H3/t10-,13?,14?/m1/s1. The Bertz CT molecular complexity index is 361. The molecular formula is C14H20FNO. The van der Waals surface area contributed by atoms with E-state index in [1.54, 1.807) is 12.1 Å². The molecule has 94 valence electrons. The lowest BCUT2D eigenvalue weighted by Gasteiger charge is -2.29. The Labute approximate surface area is 102 Å². The number of aliphatic hydroxyl groups excluding tert-OH is 1. The van der Waals surface area contributed by atoms with Crippen LogP contribution in [0.3, 0.4) is 0 Å². The van der Waals surface area contributed by atoms with Crippen LogP contribution in [-0.4, -0.2) is 17.3 Å². The van der Waals surface area contributed by atoms with Crippen LogP contribution in [0.4, 0.5) is 4.39 Å². The van der Waals surface area contributed by atoms with Gasteiger partial charge in [-0.05, 0) is 50.3 Å². The maximum absolute atomic E-state index is 13.1. The summed E-state index contributed by atoms with van der Waals surface area (Å²) in [4.78, 5) is 0. The predicted molar refractivity (Wildman–Crippen MR) is 66.2 cm³/mol. The van der Waals surface area contributed by atoms with Crippen LogP contribution < -0.4 is 5.32 Å². The minimum absolute atomic E-state index is 0.127. The monoisotopic (exact) mass is 237 g/mol. The van der Waals surface area contributed by atoms with Gasteiger partial charge >= 0.3 is 0 Å². The van der Waals surface area contributed by atoms with Crippen LogP contribution in [0.5, 0.6) is 0 Å². The van der Waals surface area contributed by atoms with Crippen molar-refractivity contribution >= 4 is 0 Å². The highest BCUT2D eigenvalue weighted by atomic mass is 19.1. The van der Waals surface area contributed by atoms with Gasteiger partial charge in [-0.3, -0.25) is 0 Å². The first-order valence-electron chi connectivity index (χ1n) is 6.34. The lowest BCUT2D eigenvalue weighted by Crippen LogP contribution is -2.36. The Balaban J connectivity index is 1.90. The van der Waals surface area contributed by atoms with Gasteiger partial charge in [0.15, 0.2) is 0 Å². The van der Waals surface area contributed by atoms with E-state index >= 15 is 0 Å². The first-order valence-corrected chi connectivity index (χ1v) is 6.34. The first-order chi connectivity index (χ1) is 8.15. The molecule has 2 rings (SSSR count). The SMILES string of the molecule is C[C@@H](NC1CCC(O)CC1)c1cccc(F)c1. The second-order valence-corrected chi connectivity index (χ2v) is 4.95. The van der Waals surface area contributed by atoms with Crippen LogP contribution in [0.25, 0.3) is 0 Å². The van der Waals surface area contributed by atoms with Crippen molar-refractivity contribution < 1.29 is 9.50 Å². The number of rotatable bonds is 3. The maximum Gasteiger partial charge on any atom is 0.123 e. The van der Waals surface area contributed by atoms with E-state index in [4.69, 9.17) is 0 Å². The van der Waals surface area contributed by atoms with Crippen molar-refractivity contribution in [1.29, 1.82) is 0 Å². The van der Waals surface area contributed by atoms with Crippen molar-refractivity contribution in [3.8, 4) is 0 Å². The minimum atomic E-state index is -0.185. The summed E-state index contributed by atoms with van der Waals surface area (Å²) < 4.78 is 13.1. The molecule has 0 unspecified atom stereocenters. The van der Waals surface area contributed by atoms with Crippen LogP contribution in [0.15, 0.2) is 24.3 Å². The van der Waals surface area contributed by atoms with Gasteiger partial charge in [-0.2, -0.15) is 0 Å². The molecule has 3 heteroatoms. The Hall–Kier alpha value is -0.930. The Kier molecular flexibility index (Phi) is 4.13. The third-order valence-electron chi connectivity index (χ3n) is 3.53. The molecule has 1 atom stereocenters. The van der Waals surface area contributed by atoms with Gasteiger partial charge in [0, 0.05) is 12.1 Å². The molecule has 0 radical (unpaired) electrons. The molecule has 1 aromatic carbocycles. The zero-order valence-corrected chi connectivity index (χ0v) is 10.2. The summed E-state index contributed by atoms with van der Waals surface area (Å²) >= 11 is 0. The molecule has 17 heavy (non-hydrogen) atoms. The average molecular weight is 237 g/mol. The summed E-state index contributed by atoms with van der Waals surface area (Å²) in [5.74, 6) is -0.185. The van der Waals surface area contributed by atoms with E-state index in [0.717, 1.165) is 31.2 Å². The molecule has 0 spiro atoms. The van der Waals surface area contributed by atoms with E-state index in [-0.39, 0.29) is 18.0 Å². The Morgan fingerprint density at radius 1 is 1.29 bits per heavy atom. The van der Waals surface area contributed by atoms with Crippen LogP contribution in [0.1, 0.15) is 44.2 Å². The van der Waals surface area contributed by atoms with Crippen molar-refractivity contribution in [2.45, 2.75) is 50.8 Å². The van der Waals surface area contributed by atoms with E-state index in [1.165, 1.54) is 6.07 Å². The quantitative estimate of drug-likeness (QED) is 0.847. The smallest absolute Gasteiger partial charge is 0.123 e. The van der Waals surface area contributed by atoms with Gasteiger partial charge < -0.3 is 10.4 Å². The third-order valence-corrected chi connectivity index (χ3v) is 3.53. The topological polar surface area (TPSA) is 32.3 Å². The predicted octanol–water partition coefficient (Wildman–Crippen LogP) is 2.78. The Morgan fingerprint density at radius 3 is 2.65 bits per heavy atom. The van der Waals surface area contributed by atoms with E-state index < -0.39 is 0 Å². The van der Waals surface area contributed by atoms with Crippen LogP contribution >= 0.6 is 0 Å². The number of hydrogen-bond acceptors (Lipinski definition) is 2. The summed E-state index contributed by atoms with van der Waals surface area (Å²) in [5, 5.41) is 12.9. The summed E-state index contributed by atoms with van der Waals surface area (Å²) in [7, 11) is 0. The van der Waals surface area contributed by atoms with Gasteiger partial charge in [0.1, 0.15) is 5.82 Å². The van der Waals surface area contributed by atoms with E-state index in [0.29, 0.717) is 6.04 Å². The summed E-state index contributed by atoms with van der Waals surface area (Å²) in [6.07, 6.45) is 3.61. The molecule has 0 saturated heterocycles. The fourth-order valence-corrected chi connectivity index (χ4v) is 2.47. The Morgan fingerprint density at radius 2 is 2.00 bits per heavy atom. The lowest BCUT2D eigenvalue weighted by atomic mass is 9.92. The second-order valence-electron chi connectivity index (χ2n) is 4.95. The van der Waals surface area contributed by atoms with Crippen LogP contribution in [-0.2, 0) is 0 Å². The zero-order valence-electron chi connectivity index (χ0n) is 10.2. The molecule has 0 aliphatic heterocycles. The fourth-order valence-electron chi connectivity index (χ4n) is 2.47. The molecule has 0 aromatic heterocycles. The normalized spacial score (nSPS) is 26.8. The molecule has 1 fully saturated rings. The molecule has 2 nitrogen and oxygen atoms in total. The van der Waals surface area contributed by atoms with Crippen LogP contribution in [0, 0.1) is 5.82 Å². The second kappa shape index (κ2) is 5.61. The van der Waals surface area contributed by atoms with Gasteiger partial charge in [-0.15, -0.1) is 0 Å². The number of nitrogens with one attached hydrogen (secondary N) is 1. The summed E-state index contributed by atoms with van der Waals surface area (Å²) in [6, 6.07) is 7.33. The fraction of sp³-hybridized carbons (Fsp3) is 0.571. The van der Waals surface area contributed by atoms with Gasteiger partial charge in [-0.1, -0.05) is 12.1 Å². The molecule has 2 N–H and O–H groups in total. The summed E-state index contributed by atoms with van der Waals surface area (Å²) in [5.41, 5.74) is 0.983. The molecule has 1 saturated carbocycles. The highest BCUT2D eigenvalue weighted by molar-refractivity contribution is 5.19. The molecule has 1 aromatic rings. The molecular weight excluding hydrogens is 217 g/mol.